The Bertz CT molecular complexity index is 595. The summed E-state index contributed by atoms with van der Waals surface area (Å²) in [5.74, 6) is -0.495. The molecule has 0 spiro atoms. The molecule has 0 aromatic heterocycles. The highest BCUT2D eigenvalue weighted by Crippen LogP contribution is 2.22. The number of unbranched alkanes of at least 4 members (excludes halogenated alkanes) is 1. The number of fused-ring (bicyclic) bond motifs is 1. The van der Waals surface area contributed by atoms with Crippen LogP contribution in [0.1, 0.15) is 60.2 Å². The Morgan fingerprint density at radius 1 is 1.00 bits per heavy atom. The molecule has 0 aliphatic carbocycles. The number of hydrogen-bond acceptors (Lipinski definition) is 3. The molecule has 0 fully saturated rings. The monoisotopic (exact) mass is 345 g/mol. The van der Waals surface area contributed by atoms with Gasteiger partial charge in [-0.25, -0.2) is 4.79 Å². The van der Waals surface area contributed by atoms with Crippen molar-refractivity contribution in [2.24, 2.45) is 0 Å². The number of carbonyl (C=O) groups excluding carboxylic acids is 3. The first-order chi connectivity index (χ1) is 12.1. The summed E-state index contributed by atoms with van der Waals surface area (Å²) in [7, 11) is 0. The number of rotatable bonds is 9. The van der Waals surface area contributed by atoms with E-state index in [9.17, 15) is 14.4 Å². The van der Waals surface area contributed by atoms with E-state index in [1.807, 2.05) is 4.90 Å². The summed E-state index contributed by atoms with van der Waals surface area (Å²) < 4.78 is 0. The summed E-state index contributed by atoms with van der Waals surface area (Å²) in [4.78, 5) is 39.8. The second-order valence-electron chi connectivity index (χ2n) is 6.23. The Kier molecular flexibility index (Phi) is 6.98. The van der Waals surface area contributed by atoms with Gasteiger partial charge in [-0.05, 0) is 31.4 Å². The van der Waals surface area contributed by atoms with Crippen molar-refractivity contribution in [2.45, 2.75) is 39.5 Å². The highest BCUT2D eigenvalue weighted by molar-refractivity contribution is 6.21. The molecule has 0 saturated carbocycles. The summed E-state index contributed by atoms with van der Waals surface area (Å²) in [6.07, 6.45) is 3.51. The van der Waals surface area contributed by atoms with Crippen LogP contribution in [0.2, 0.25) is 0 Å². The fourth-order valence-electron chi connectivity index (χ4n) is 2.92. The van der Waals surface area contributed by atoms with Gasteiger partial charge in [0.1, 0.15) is 0 Å². The molecule has 1 heterocycles. The number of nitrogens with zero attached hydrogens (tertiary/aromatic N) is 2. The third kappa shape index (κ3) is 4.59. The van der Waals surface area contributed by atoms with Gasteiger partial charge >= 0.3 is 6.03 Å². The molecule has 1 aromatic carbocycles. The lowest BCUT2D eigenvalue weighted by molar-refractivity contribution is 0.0653. The SMILES string of the molecule is CCCCN(CCC)C(=O)NCCCN1C(=O)c2ccccc2C1=O. The van der Waals surface area contributed by atoms with Crippen molar-refractivity contribution < 1.29 is 14.4 Å². The molecule has 136 valence electrons. The van der Waals surface area contributed by atoms with E-state index in [1.54, 1.807) is 24.3 Å². The molecule has 0 radical (unpaired) electrons. The lowest BCUT2D eigenvalue weighted by Crippen LogP contribution is -2.42. The molecular formula is C19H27N3O3. The van der Waals surface area contributed by atoms with Crippen LogP contribution in [0.15, 0.2) is 24.3 Å². The smallest absolute Gasteiger partial charge is 0.317 e. The van der Waals surface area contributed by atoms with Crippen molar-refractivity contribution in [3.05, 3.63) is 35.4 Å². The molecule has 25 heavy (non-hydrogen) atoms. The van der Waals surface area contributed by atoms with Crippen LogP contribution in [0.25, 0.3) is 0 Å². The van der Waals surface area contributed by atoms with Gasteiger partial charge in [-0.1, -0.05) is 32.4 Å². The minimum Gasteiger partial charge on any atom is -0.338 e. The van der Waals surface area contributed by atoms with Gasteiger partial charge in [-0.2, -0.15) is 0 Å². The first kappa shape index (κ1) is 19.0. The predicted molar refractivity (Wildman–Crippen MR) is 96.6 cm³/mol. The van der Waals surface area contributed by atoms with E-state index in [4.69, 9.17) is 0 Å². The second kappa shape index (κ2) is 9.20. The lowest BCUT2D eigenvalue weighted by Gasteiger charge is -2.22. The van der Waals surface area contributed by atoms with Crippen molar-refractivity contribution in [2.75, 3.05) is 26.2 Å². The molecule has 6 heteroatoms. The van der Waals surface area contributed by atoms with Crippen molar-refractivity contribution in [1.82, 2.24) is 15.1 Å². The van der Waals surface area contributed by atoms with Crippen LogP contribution >= 0.6 is 0 Å². The van der Waals surface area contributed by atoms with E-state index in [0.29, 0.717) is 30.6 Å². The molecule has 1 aromatic rings. The Hall–Kier alpha value is -2.37. The topological polar surface area (TPSA) is 69.7 Å². The Morgan fingerprint density at radius 3 is 2.20 bits per heavy atom. The fourth-order valence-corrected chi connectivity index (χ4v) is 2.92. The molecule has 0 bridgehead atoms. The van der Waals surface area contributed by atoms with Gasteiger partial charge in [0.15, 0.2) is 0 Å². The van der Waals surface area contributed by atoms with Crippen molar-refractivity contribution in [3.8, 4) is 0 Å². The molecule has 1 N–H and O–H groups in total. The number of hydrogen-bond donors (Lipinski definition) is 1. The summed E-state index contributed by atoms with van der Waals surface area (Å²) in [6.45, 7) is 6.41. The van der Waals surface area contributed by atoms with Gasteiger partial charge in [-0.3, -0.25) is 14.5 Å². The van der Waals surface area contributed by atoms with Gasteiger partial charge in [0.05, 0.1) is 11.1 Å². The molecule has 1 aliphatic heterocycles. The maximum atomic E-state index is 12.3. The molecule has 1 aliphatic rings. The van der Waals surface area contributed by atoms with Crippen LogP contribution in [-0.2, 0) is 0 Å². The quantitative estimate of drug-likeness (QED) is 0.553. The number of urea groups is 1. The van der Waals surface area contributed by atoms with Gasteiger partial charge in [-0.15, -0.1) is 0 Å². The van der Waals surface area contributed by atoms with Crippen LogP contribution in [0, 0.1) is 0 Å². The number of benzene rings is 1. The summed E-state index contributed by atoms with van der Waals surface area (Å²) >= 11 is 0. The van der Waals surface area contributed by atoms with E-state index in [0.717, 1.165) is 32.4 Å². The van der Waals surface area contributed by atoms with Crippen molar-refractivity contribution in [3.63, 3.8) is 0 Å². The average Bonchev–Trinajstić information content (AvgIpc) is 2.87. The average molecular weight is 345 g/mol. The second-order valence-corrected chi connectivity index (χ2v) is 6.23. The molecule has 4 amide bonds. The maximum Gasteiger partial charge on any atom is 0.317 e. The standard InChI is InChI=1S/C19H27N3O3/c1-3-5-13-21(12-4-2)19(25)20-11-8-14-22-17(23)15-9-6-7-10-16(15)18(22)24/h6-7,9-10H,3-5,8,11-14H2,1-2H3,(H,20,25). The maximum absolute atomic E-state index is 12.3. The lowest BCUT2D eigenvalue weighted by atomic mass is 10.1. The number of nitrogens with one attached hydrogen (secondary N) is 1. The van der Waals surface area contributed by atoms with Gasteiger partial charge in [0.2, 0.25) is 0 Å². The van der Waals surface area contributed by atoms with E-state index in [2.05, 4.69) is 19.2 Å². The zero-order valence-corrected chi connectivity index (χ0v) is 15.1. The molecule has 0 saturated heterocycles. The predicted octanol–water partition coefficient (Wildman–Crippen LogP) is 2.89. The van der Waals surface area contributed by atoms with Crippen molar-refractivity contribution in [1.29, 1.82) is 0 Å². The summed E-state index contributed by atoms with van der Waals surface area (Å²) in [6, 6.07) is 6.79. The molecular weight excluding hydrogens is 318 g/mol. The summed E-state index contributed by atoms with van der Waals surface area (Å²) in [5, 5.41) is 2.89. The van der Waals surface area contributed by atoms with E-state index in [-0.39, 0.29) is 17.8 Å². The van der Waals surface area contributed by atoms with Crippen LogP contribution < -0.4 is 5.32 Å². The van der Waals surface area contributed by atoms with Gasteiger partial charge < -0.3 is 10.2 Å². The zero-order chi connectivity index (χ0) is 18.2. The van der Waals surface area contributed by atoms with Crippen LogP contribution in [0.4, 0.5) is 4.79 Å². The normalized spacial score (nSPS) is 13.1. The number of imide groups is 1. The highest BCUT2D eigenvalue weighted by Gasteiger charge is 2.34. The van der Waals surface area contributed by atoms with Gasteiger partial charge in [0.25, 0.3) is 11.8 Å². The van der Waals surface area contributed by atoms with E-state index >= 15 is 0 Å². The molecule has 0 atom stereocenters. The van der Waals surface area contributed by atoms with Crippen molar-refractivity contribution >= 4 is 17.8 Å². The zero-order valence-electron chi connectivity index (χ0n) is 15.1. The third-order valence-electron chi connectivity index (χ3n) is 4.28. The molecule has 2 rings (SSSR count). The Morgan fingerprint density at radius 2 is 1.64 bits per heavy atom. The van der Waals surface area contributed by atoms with E-state index < -0.39 is 0 Å². The Labute approximate surface area is 149 Å². The summed E-state index contributed by atoms with van der Waals surface area (Å²) in [5.41, 5.74) is 0.926. The Balaban J connectivity index is 1.78. The first-order valence-corrected chi connectivity index (χ1v) is 9.08. The van der Waals surface area contributed by atoms with E-state index in [1.165, 1.54) is 4.90 Å². The highest BCUT2D eigenvalue weighted by atomic mass is 16.2. The number of amides is 4. The first-order valence-electron chi connectivity index (χ1n) is 9.08. The van der Waals surface area contributed by atoms with Crippen LogP contribution in [0.5, 0.6) is 0 Å². The fraction of sp³-hybridized carbons (Fsp3) is 0.526. The largest absolute Gasteiger partial charge is 0.338 e. The number of carbonyl (C=O) groups is 3. The third-order valence-corrected chi connectivity index (χ3v) is 4.28. The van der Waals surface area contributed by atoms with Crippen LogP contribution in [-0.4, -0.2) is 53.8 Å². The molecule has 6 nitrogen and oxygen atoms in total. The van der Waals surface area contributed by atoms with Gasteiger partial charge in [0, 0.05) is 26.2 Å². The van der Waals surface area contributed by atoms with Crippen LogP contribution in [0.3, 0.4) is 0 Å². The minimum atomic E-state index is -0.248. The minimum absolute atomic E-state index is 0.0716. The molecule has 0 unspecified atom stereocenters.